The molecule has 126 valence electrons. The Bertz CT molecular complexity index is 287. The van der Waals surface area contributed by atoms with E-state index in [2.05, 4.69) is 31.0 Å². The maximum Gasteiger partial charge on any atom is 0.325 e. The molecule has 0 heterocycles. The minimum atomic E-state index is -0.636. The summed E-state index contributed by atoms with van der Waals surface area (Å²) in [5.74, 6) is -0.191. The van der Waals surface area contributed by atoms with Crippen LogP contribution in [0.5, 0.6) is 0 Å². The summed E-state index contributed by atoms with van der Waals surface area (Å²) in [5, 5.41) is 3.34. The van der Waals surface area contributed by atoms with Gasteiger partial charge in [-0.25, -0.2) is 0 Å². The van der Waals surface area contributed by atoms with Crippen LogP contribution < -0.4 is 5.32 Å². The van der Waals surface area contributed by atoms with Gasteiger partial charge in [0.2, 0.25) is 0 Å². The summed E-state index contributed by atoms with van der Waals surface area (Å²) in [6.07, 6.45) is 1.71. The lowest BCUT2D eigenvalue weighted by molar-refractivity contribution is -0.148. The Kier molecular flexibility index (Phi) is 10.6. The molecule has 21 heavy (non-hydrogen) atoms. The zero-order chi connectivity index (χ0) is 16.3. The van der Waals surface area contributed by atoms with Crippen molar-refractivity contribution in [3.63, 3.8) is 0 Å². The van der Waals surface area contributed by atoms with Crippen LogP contribution in [0.15, 0.2) is 0 Å². The third-order valence-electron chi connectivity index (χ3n) is 3.86. The molecule has 0 saturated carbocycles. The summed E-state index contributed by atoms with van der Waals surface area (Å²) in [6.45, 7) is 14.4. The van der Waals surface area contributed by atoms with E-state index in [0.717, 1.165) is 45.7 Å². The summed E-state index contributed by atoms with van der Waals surface area (Å²) >= 11 is 0. The fourth-order valence-corrected chi connectivity index (χ4v) is 2.59. The molecule has 5 nitrogen and oxygen atoms in total. The molecule has 0 amide bonds. The third-order valence-corrected chi connectivity index (χ3v) is 3.86. The zero-order valence-corrected chi connectivity index (χ0v) is 14.7. The molecule has 0 bridgehead atoms. The van der Waals surface area contributed by atoms with E-state index in [-0.39, 0.29) is 12.0 Å². The van der Waals surface area contributed by atoms with Crippen LogP contribution in [0.1, 0.15) is 47.5 Å². The van der Waals surface area contributed by atoms with E-state index in [1.807, 2.05) is 13.8 Å². The highest BCUT2D eigenvalue weighted by atomic mass is 16.5. The van der Waals surface area contributed by atoms with Crippen molar-refractivity contribution >= 4 is 5.97 Å². The predicted octanol–water partition coefficient (Wildman–Crippen LogP) is 2.05. The van der Waals surface area contributed by atoms with Crippen molar-refractivity contribution in [3.8, 4) is 0 Å². The molecule has 0 fully saturated rings. The molecular formula is C16H34N2O3. The average Bonchev–Trinajstić information content (AvgIpc) is 2.48. The summed E-state index contributed by atoms with van der Waals surface area (Å²) in [4.78, 5) is 14.5. The number of hydrogen-bond acceptors (Lipinski definition) is 5. The molecule has 0 aliphatic rings. The van der Waals surface area contributed by atoms with E-state index < -0.39 is 5.54 Å². The molecule has 0 aromatic carbocycles. The quantitative estimate of drug-likeness (QED) is 0.442. The van der Waals surface area contributed by atoms with E-state index in [4.69, 9.17) is 9.47 Å². The van der Waals surface area contributed by atoms with Gasteiger partial charge < -0.3 is 14.8 Å². The summed E-state index contributed by atoms with van der Waals surface area (Å²) in [5.41, 5.74) is -0.636. The van der Waals surface area contributed by atoms with Crippen molar-refractivity contribution in [3.05, 3.63) is 0 Å². The van der Waals surface area contributed by atoms with Gasteiger partial charge in [-0.05, 0) is 46.7 Å². The molecule has 0 rings (SSSR count). The maximum atomic E-state index is 12.1. The van der Waals surface area contributed by atoms with Crippen molar-refractivity contribution in [2.75, 3.05) is 40.0 Å². The number of ether oxygens (including phenoxy) is 2. The van der Waals surface area contributed by atoms with Gasteiger partial charge >= 0.3 is 5.97 Å². The molecule has 0 aromatic rings. The molecule has 1 N–H and O–H groups in total. The lowest BCUT2D eigenvalue weighted by atomic mass is 9.92. The predicted molar refractivity (Wildman–Crippen MR) is 86.5 cm³/mol. The maximum absolute atomic E-state index is 12.1. The van der Waals surface area contributed by atoms with Crippen molar-refractivity contribution in [2.24, 2.45) is 0 Å². The topological polar surface area (TPSA) is 50.8 Å². The lowest BCUT2D eigenvalue weighted by Gasteiger charge is -2.35. The number of hydrogen-bond donors (Lipinski definition) is 1. The Balaban J connectivity index is 4.68. The Labute approximate surface area is 130 Å². The number of carbonyl (C=O) groups excluding carboxylic acids is 1. The molecule has 0 saturated heterocycles. The molecule has 0 spiro atoms. The minimum Gasteiger partial charge on any atom is -0.468 e. The average molecular weight is 302 g/mol. The first-order valence-corrected chi connectivity index (χ1v) is 8.10. The number of nitrogens with zero attached hydrogens (tertiary/aromatic N) is 1. The van der Waals surface area contributed by atoms with Gasteiger partial charge in [-0.1, -0.05) is 13.8 Å². The second kappa shape index (κ2) is 11.0. The van der Waals surface area contributed by atoms with Crippen molar-refractivity contribution in [1.29, 1.82) is 0 Å². The first kappa shape index (κ1) is 20.3. The first-order chi connectivity index (χ1) is 9.95. The van der Waals surface area contributed by atoms with Crippen LogP contribution in [0.3, 0.4) is 0 Å². The molecule has 0 aliphatic carbocycles. The Hall–Kier alpha value is -0.650. The molecule has 2 atom stereocenters. The zero-order valence-electron chi connectivity index (χ0n) is 14.7. The monoisotopic (exact) mass is 302 g/mol. The van der Waals surface area contributed by atoms with Gasteiger partial charge in [0.05, 0.1) is 13.7 Å². The first-order valence-electron chi connectivity index (χ1n) is 8.10. The number of methoxy groups -OCH3 is 1. The second-order valence-corrected chi connectivity index (χ2v) is 5.63. The van der Waals surface area contributed by atoms with Gasteiger partial charge in [-0.15, -0.1) is 0 Å². The molecule has 0 aliphatic heterocycles. The van der Waals surface area contributed by atoms with Gasteiger partial charge in [0.15, 0.2) is 0 Å². The van der Waals surface area contributed by atoms with Gasteiger partial charge in [-0.2, -0.15) is 0 Å². The van der Waals surface area contributed by atoms with Gasteiger partial charge in [0.1, 0.15) is 5.54 Å². The number of carbonyl (C=O) groups is 1. The normalized spacial score (nSPS) is 15.8. The molecular weight excluding hydrogens is 268 g/mol. The summed E-state index contributed by atoms with van der Waals surface area (Å²) in [7, 11) is 1.45. The highest BCUT2D eigenvalue weighted by Gasteiger charge is 2.36. The fraction of sp³-hybridized carbons (Fsp3) is 0.938. The third kappa shape index (κ3) is 7.25. The lowest BCUT2D eigenvalue weighted by Crippen LogP contribution is -2.54. The van der Waals surface area contributed by atoms with Gasteiger partial charge in [-0.3, -0.25) is 9.69 Å². The van der Waals surface area contributed by atoms with Crippen LogP contribution in [-0.4, -0.2) is 62.4 Å². The van der Waals surface area contributed by atoms with Gasteiger partial charge in [0, 0.05) is 19.2 Å². The SMILES string of the molecule is CCCNC(C)(CC(C)N(CC)CCOCC)C(=O)OC. The number of rotatable bonds is 12. The van der Waals surface area contributed by atoms with Crippen LogP contribution in [0.4, 0.5) is 0 Å². The number of esters is 1. The molecule has 0 aromatic heterocycles. The molecule has 2 unspecified atom stereocenters. The molecule has 5 heteroatoms. The number of nitrogens with one attached hydrogen (secondary N) is 1. The van der Waals surface area contributed by atoms with Crippen molar-refractivity contribution < 1.29 is 14.3 Å². The van der Waals surface area contributed by atoms with Crippen molar-refractivity contribution in [2.45, 2.75) is 59.0 Å². The second-order valence-electron chi connectivity index (χ2n) is 5.63. The van der Waals surface area contributed by atoms with Crippen LogP contribution in [0.25, 0.3) is 0 Å². The van der Waals surface area contributed by atoms with E-state index in [1.165, 1.54) is 7.11 Å². The Morgan fingerprint density at radius 2 is 2.00 bits per heavy atom. The van der Waals surface area contributed by atoms with Crippen LogP contribution in [0.2, 0.25) is 0 Å². The van der Waals surface area contributed by atoms with E-state index in [9.17, 15) is 4.79 Å². The van der Waals surface area contributed by atoms with E-state index >= 15 is 0 Å². The smallest absolute Gasteiger partial charge is 0.325 e. The van der Waals surface area contributed by atoms with Crippen LogP contribution >= 0.6 is 0 Å². The van der Waals surface area contributed by atoms with E-state index in [1.54, 1.807) is 0 Å². The highest BCUT2D eigenvalue weighted by molar-refractivity contribution is 5.80. The fourth-order valence-electron chi connectivity index (χ4n) is 2.59. The largest absolute Gasteiger partial charge is 0.468 e. The minimum absolute atomic E-state index is 0.191. The Morgan fingerprint density at radius 3 is 2.48 bits per heavy atom. The Morgan fingerprint density at radius 1 is 1.33 bits per heavy atom. The summed E-state index contributed by atoms with van der Waals surface area (Å²) in [6, 6.07) is 0.281. The summed E-state index contributed by atoms with van der Waals surface area (Å²) < 4.78 is 10.4. The molecule has 0 radical (unpaired) electrons. The van der Waals surface area contributed by atoms with Crippen molar-refractivity contribution in [1.82, 2.24) is 10.2 Å². The highest BCUT2D eigenvalue weighted by Crippen LogP contribution is 2.18. The standard InChI is InChI=1S/C16H34N2O3/c1-7-10-17-16(5,15(19)20-6)13-14(4)18(8-2)11-12-21-9-3/h14,17H,7-13H2,1-6H3. The van der Waals surface area contributed by atoms with E-state index in [0.29, 0.717) is 0 Å². The van der Waals surface area contributed by atoms with Gasteiger partial charge in [0.25, 0.3) is 0 Å². The van der Waals surface area contributed by atoms with Crippen LogP contribution in [-0.2, 0) is 14.3 Å². The van der Waals surface area contributed by atoms with Crippen LogP contribution in [0, 0.1) is 0 Å². The number of likely N-dealkylation sites (N-methyl/N-ethyl adjacent to an activating group) is 1.